The van der Waals surface area contributed by atoms with Crippen LogP contribution in [-0.2, 0) is 0 Å². The number of anilines is 2. The molecule has 0 saturated carbocycles. The van der Waals surface area contributed by atoms with E-state index in [0.717, 1.165) is 31.6 Å². The van der Waals surface area contributed by atoms with E-state index in [1.165, 1.54) is 30.7 Å². The molecule has 3 rings (SSSR count). The molecule has 1 aliphatic rings. The summed E-state index contributed by atoms with van der Waals surface area (Å²) in [6.07, 6.45) is 3.32. The van der Waals surface area contributed by atoms with Crippen molar-refractivity contribution in [3.63, 3.8) is 0 Å². The molecule has 27 heavy (non-hydrogen) atoms. The van der Waals surface area contributed by atoms with Crippen molar-refractivity contribution in [2.24, 2.45) is 5.73 Å². The van der Waals surface area contributed by atoms with E-state index in [1.807, 2.05) is 0 Å². The van der Waals surface area contributed by atoms with Crippen LogP contribution in [0, 0.1) is 0 Å². The van der Waals surface area contributed by atoms with Gasteiger partial charge in [0.15, 0.2) is 0 Å². The van der Waals surface area contributed by atoms with Crippen LogP contribution in [0.4, 0.5) is 11.4 Å². The average Bonchev–Trinajstić information content (AvgIpc) is 2.68. The number of rotatable bonds is 5. The molecule has 7 nitrogen and oxygen atoms in total. The van der Waals surface area contributed by atoms with Gasteiger partial charge < -0.3 is 21.1 Å². The third-order valence-electron chi connectivity index (χ3n) is 4.62. The molecule has 0 radical (unpaired) electrons. The van der Waals surface area contributed by atoms with Crippen molar-refractivity contribution >= 4 is 29.2 Å². The fourth-order valence-electron chi connectivity index (χ4n) is 3.16. The molecule has 1 aliphatic heterocycles. The highest BCUT2D eigenvalue weighted by molar-refractivity contribution is 6.07. The molecule has 1 saturated heterocycles. The van der Waals surface area contributed by atoms with Crippen LogP contribution in [-0.4, -0.2) is 36.0 Å². The number of hydrogen-bond donors (Lipinski definition) is 3. The van der Waals surface area contributed by atoms with Gasteiger partial charge in [0.2, 0.25) is 5.91 Å². The van der Waals surface area contributed by atoms with Crippen molar-refractivity contribution in [1.29, 1.82) is 0 Å². The fourth-order valence-corrected chi connectivity index (χ4v) is 3.16. The lowest BCUT2D eigenvalue weighted by Crippen LogP contribution is -2.30. The van der Waals surface area contributed by atoms with E-state index in [4.69, 9.17) is 10.8 Å². The quantitative estimate of drug-likeness (QED) is 0.752. The number of aromatic carboxylic acids is 1. The minimum Gasteiger partial charge on any atom is -0.478 e. The van der Waals surface area contributed by atoms with Crippen molar-refractivity contribution in [3.8, 4) is 0 Å². The van der Waals surface area contributed by atoms with Crippen molar-refractivity contribution in [3.05, 3.63) is 59.2 Å². The lowest BCUT2D eigenvalue weighted by Gasteiger charge is -2.30. The summed E-state index contributed by atoms with van der Waals surface area (Å²) in [6, 6.07) is 10.7. The lowest BCUT2D eigenvalue weighted by molar-refractivity contribution is 0.0696. The summed E-state index contributed by atoms with van der Waals surface area (Å²) in [6.45, 7) is 1.76. The Hall–Kier alpha value is -3.35. The molecule has 2 amide bonds. The van der Waals surface area contributed by atoms with Crippen LogP contribution in [0.1, 0.15) is 50.3 Å². The van der Waals surface area contributed by atoms with Gasteiger partial charge in [0, 0.05) is 24.2 Å². The standard InChI is InChI=1S/C20H21N3O4/c21-18(24)15-8-9-17(23-10-2-1-3-11-23)16(12-15)22-19(25)13-4-6-14(7-5-13)20(26)27/h4-9,12H,1-3,10-11H2,(H2,21,24)(H,22,25)(H,26,27). The molecular weight excluding hydrogens is 346 g/mol. The van der Waals surface area contributed by atoms with E-state index >= 15 is 0 Å². The number of carbonyl (C=O) groups excluding carboxylic acids is 2. The topological polar surface area (TPSA) is 113 Å². The Bertz CT molecular complexity index is 871. The maximum absolute atomic E-state index is 12.6. The Morgan fingerprint density at radius 1 is 0.889 bits per heavy atom. The number of nitrogens with zero attached hydrogens (tertiary/aromatic N) is 1. The maximum Gasteiger partial charge on any atom is 0.335 e. The highest BCUT2D eigenvalue weighted by atomic mass is 16.4. The monoisotopic (exact) mass is 367 g/mol. The molecule has 4 N–H and O–H groups in total. The van der Waals surface area contributed by atoms with Gasteiger partial charge in [0.25, 0.3) is 5.91 Å². The number of primary amides is 1. The van der Waals surface area contributed by atoms with E-state index in [1.54, 1.807) is 18.2 Å². The summed E-state index contributed by atoms with van der Waals surface area (Å²) in [5.74, 6) is -2.00. The molecule has 0 spiro atoms. The number of piperidine rings is 1. The van der Waals surface area contributed by atoms with Crippen LogP contribution in [0.5, 0.6) is 0 Å². The van der Waals surface area contributed by atoms with E-state index in [0.29, 0.717) is 16.8 Å². The van der Waals surface area contributed by atoms with Gasteiger partial charge in [0.1, 0.15) is 0 Å². The first-order chi connectivity index (χ1) is 13.0. The number of nitrogens with one attached hydrogen (secondary N) is 1. The maximum atomic E-state index is 12.6. The molecule has 0 atom stereocenters. The van der Waals surface area contributed by atoms with Crippen LogP contribution in [0.15, 0.2) is 42.5 Å². The first-order valence-corrected chi connectivity index (χ1v) is 8.79. The van der Waals surface area contributed by atoms with Gasteiger partial charge in [-0.05, 0) is 61.7 Å². The number of carboxylic acid groups (broad SMARTS) is 1. The SMILES string of the molecule is NC(=O)c1ccc(N2CCCCC2)c(NC(=O)c2ccc(C(=O)O)cc2)c1. The Morgan fingerprint density at radius 3 is 2.07 bits per heavy atom. The minimum absolute atomic E-state index is 0.108. The number of benzene rings is 2. The van der Waals surface area contributed by atoms with E-state index < -0.39 is 11.9 Å². The number of carboxylic acids is 1. The van der Waals surface area contributed by atoms with Gasteiger partial charge in [-0.15, -0.1) is 0 Å². The van der Waals surface area contributed by atoms with Crippen molar-refractivity contribution < 1.29 is 19.5 Å². The first-order valence-electron chi connectivity index (χ1n) is 8.79. The molecular formula is C20H21N3O4. The van der Waals surface area contributed by atoms with Gasteiger partial charge in [0.05, 0.1) is 16.9 Å². The molecule has 1 heterocycles. The average molecular weight is 367 g/mol. The molecule has 0 bridgehead atoms. The summed E-state index contributed by atoms with van der Waals surface area (Å²) in [5.41, 5.74) is 7.48. The normalized spacial score (nSPS) is 13.9. The lowest BCUT2D eigenvalue weighted by atomic mass is 10.1. The highest BCUT2D eigenvalue weighted by Crippen LogP contribution is 2.30. The number of carbonyl (C=O) groups is 3. The van der Waals surface area contributed by atoms with Crippen LogP contribution < -0.4 is 16.0 Å². The summed E-state index contributed by atoms with van der Waals surface area (Å²) in [4.78, 5) is 37.3. The molecule has 140 valence electrons. The van der Waals surface area contributed by atoms with E-state index in [2.05, 4.69) is 10.2 Å². The van der Waals surface area contributed by atoms with Crippen LogP contribution in [0.25, 0.3) is 0 Å². The van der Waals surface area contributed by atoms with Gasteiger partial charge in [-0.1, -0.05) is 0 Å². The van der Waals surface area contributed by atoms with Crippen LogP contribution >= 0.6 is 0 Å². The minimum atomic E-state index is -1.05. The number of amides is 2. The number of hydrogen-bond acceptors (Lipinski definition) is 4. The Labute approximate surface area is 156 Å². The van der Waals surface area contributed by atoms with Gasteiger partial charge in [-0.25, -0.2) is 4.79 Å². The number of nitrogens with two attached hydrogens (primary N) is 1. The first kappa shape index (κ1) is 18.4. The Kier molecular flexibility index (Phi) is 5.40. The highest BCUT2D eigenvalue weighted by Gasteiger charge is 2.18. The summed E-state index contributed by atoms with van der Waals surface area (Å²) < 4.78 is 0. The van der Waals surface area contributed by atoms with Gasteiger partial charge >= 0.3 is 5.97 Å². The molecule has 7 heteroatoms. The van der Waals surface area contributed by atoms with Gasteiger partial charge in [-0.2, -0.15) is 0 Å². The molecule has 1 fully saturated rings. The van der Waals surface area contributed by atoms with Crippen molar-refractivity contribution in [2.75, 3.05) is 23.3 Å². The summed E-state index contributed by atoms with van der Waals surface area (Å²) in [7, 11) is 0. The smallest absolute Gasteiger partial charge is 0.335 e. The molecule has 2 aromatic carbocycles. The Balaban J connectivity index is 1.88. The predicted octanol–water partition coefficient (Wildman–Crippen LogP) is 2.73. The zero-order chi connectivity index (χ0) is 19.4. The second-order valence-electron chi connectivity index (χ2n) is 6.48. The second kappa shape index (κ2) is 7.90. The predicted molar refractivity (Wildman–Crippen MR) is 102 cm³/mol. The third-order valence-corrected chi connectivity index (χ3v) is 4.62. The largest absolute Gasteiger partial charge is 0.478 e. The van der Waals surface area contributed by atoms with E-state index in [9.17, 15) is 14.4 Å². The fraction of sp³-hybridized carbons (Fsp3) is 0.250. The van der Waals surface area contributed by atoms with E-state index in [-0.39, 0.29) is 11.5 Å². The van der Waals surface area contributed by atoms with Crippen molar-refractivity contribution in [2.45, 2.75) is 19.3 Å². The van der Waals surface area contributed by atoms with Crippen LogP contribution in [0.3, 0.4) is 0 Å². The molecule has 0 aromatic heterocycles. The third kappa shape index (κ3) is 4.25. The second-order valence-corrected chi connectivity index (χ2v) is 6.48. The zero-order valence-electron chi connectivity index (χ0n) is 14.8. The molecule has 2 aromatic rings. The summed E-state index contributed by atoms with van der Waals surface area (Å²) >= 11 is 0. The molecule has 0 aliphatic carbocycles. The van der Waals surface area contributed by atoms with Gasteiger partial charge in [-0.3, -0.25) is 9.59 Å². The Morgan fingerprint density at radius 2 is 1.48 bits per heavy atom. The summed E-state index contributed by atoms with van der Waals surface area (Å²) in [5, 5.41) is 11.8. The van der Waals surface area contributed by atoms with Crippen molar-refractivity contribution in [1.82, 2.24) is 0 Å². The molecule has 0 unspecified atom stereocenters. The van der Waals surface area contributed by atoms with Crippen LogP contribution in [0.2, 0.25) is 0 Å². The zero-order valence-corrected chi connectivity index (χ0v) is 14.8.